The number of anilines is 1. The number of aromatic nitrogens is 1. The van der Waals surface area contributed by atoms with Crippen molar-refractivity contribution < 1.29 is 50.6 Å². The van der Waals surface area contributed by atoms with Gasteiger partial charge in [-0.2, -0.15) is 0 Å². The molecule has 62 heavy (non-hydrogen) atoms. The van der Waals surface area contributed by atoms with Gasteiger partial charge >= 0.3 is 6.09 Å². The van der Waals surface area contributed by atoms with E-state index in [1.54, 1.807) is 13.1 Å². The van der Waals surface area contributed by atoms with Crippen LogP contribution in [0.4, 0.5) is 19.3 Å². The SMILES string of the molecule is C[C@@H](CC/C=C\[C@@H]1CCCC1C(=O)NS(=O)(=O)C1CC1)C[C@@H](C)[C@H](NNC(=O)OC(C)(C)C(C)(F)F)C(=O)N1C[C@H](Oc2nccc3c4c(ccc23)N(C)CCO4)C[C@H]1C(N)=O. The van der Waals surface area contributed by atoms with Crippen LogP contribution in [0.25, 0.3) is 10.8 Å². The molecule has 3 heterocycles. The number of halogens is 2. The molecule has 0 radical (unpaired) electrons. The Morgan fingerprint density at radius 3 is 2.52 bits per heavy atom. The Kier molecular flexibility index (Phi) is 14.2. The van der Waals surface area contributed by atoms with Gasteiger partial charge in [0.2, 0.25) is 33.6 Å². The first-order valence-electron chi connectivity index (χ1n) is 21.5. The third-order valence-corrected chi connectivity index (χ3v) is 14.6. The summed E-state index contributed by atoms with van der Waals surface area (Å²) in [6, 6.07) is 3.44. The maximum absolute atomic E-state index is 14.5. The number of pyridine rings is 1. The number of nitrogens with zero attached hydrogens (tertiary/aromatic N) is 3. The van der Waals surface area contributed by atoms with Gasteiger partial charge in [0.15, 0.2) is 11.4 Å². The molecule has 7 atom stereocenters. The highest BCUT2D eigenvalue weighted by atomic mass is 32.2. The number of nitrogens with two attached hydrogens (primary N) is 1. The summed E-state index contributed by atoms with van der Waals surface area (Å²) >= 11 is 0. The Bertz CT molecular complexity index is 2130. The third kappa shape index (κ3) is 10.9. The molecule has 1 aromatic carbocycles. The fourth-order valence-electron chi connectivity index (χ4n) is 8.57. The van der Waals surface area contributed by atoms with E-state index in [-0.39, 0.29) is 24.8 Å². The molecule has 3 fully saturated rings. The Balaban J connectivity index is 1.13. The van der Waals surface area contributed by atoms with Crippen molar-refractivity contribution in [3.05, 3.63) is 36.5 Å². The molecule has 19 heteroatoms. The second kappa shape index (κ2) is 18.9. The number of hydrogen-bond donors (Lipinski definition) is 4. The highest BCUT2D eigenvalue weighted by Gasteiger charge is 2.47. The summed E-state index contributed by atoms with van der Waals surface area (Å²) < 4.78 is 72.9. The Labute approximate surface area is 362 Å². The largest absolute Gasteiger partial charge is 0.489 e. The molecule has 4 amide bonds. The van der Waals surface area contributed by atoms with E-state index in [9.17, 15) is 36.4 Å². The zero-order valence-corrected chi connectivity index (χ0v) is 37.1. The van der Waals surface area contributed by atoms with Crippen LogP contribution in [0.15, 0.2) is 36.5 Å². The summed E-state index contributed by atoms with van der Waals surface area (Å²) in [5, 5.41) is 1.01. The number of hydrazine groups is 1. The predicted molar refractivity (Wildman–Crippen MR) is 228 cm³/mol. The molecule has 16 nitrogen and oxygen atoms in total. The van der Waals surface area contributed by atoms with E-state index in [4.69, 9.17) is 19.9 Å². The summed E-state index contributed by atoms with van der Waals surface area (Å²) in [4.78, 5) is 61.1. The summed E-state index contributed by atoms with van der Waals surface area (Å²) in [5.74, 6) is -5.05. The van der Waals surface area contributed by atoms with Crippen molar-refractivity contribution in [2.45, 2.75) is 127 Å². The minimum atomic E-state index is -3.62. The van der Waals surface area contributed by atoms with Crippen LogP contribution in [-0.2, 0) is 29.1 Å². The lowest BCUT2D eigenvalue weighted by atomic mass is 9.88. The molecule has 1 unspecified atom stereocenters. The molecule has 6 rings (SSSR count). The predicted octanol–water partition coefficient (Wildman–Crippen LogP) is 4.95. The first kappa shape index (κ1) is 46.7. The minimum Gasteiger partial charge on any atom is -0.489 e. The highest BCUT2D eigenvalue weighted by Crippen LogP contribution is 2.41. The van der Waals surface area contributed by atoms with Crippen molar-refractivity contribution in [2.24, 2.45) is 29.4 Å². The average molecular weight is 890 g/mol. The molecule has 342 valence electrons. The smallest absolute Gasteiger partial charge is 0.422 e. The molecular weight excluding hydrogens is 829 g/mol. The molecule has 1 saturated heterocycles. The van der Waals surface area contributed by atoms with Crippen molar-refractivity contribution in [3.8, 4) is 11.6 Å². The number of primary amides is 1. The maximum atomic E-state index is 14.5. The summed E-state index contributed by atoms with van der Waals surface area (Å²) in [6.45, 7) is 7.81. The molecule has 0 spiro atoms. The van der Waals surface area contributed by atoms with Crippen LogP contribution < -0.4 is 35.7 Å². The minimum absolute atomic E-state index is 0.0356. The van der Waals surface area contributed by atoms with Crippen LogP contribution in [-0.4, -0.2) is 104 Å². The number of likely N-dealkylation sites (tertiary alicyclic amines) is 1. The number of carbonyl (C=O) groups is 4. The van der Waals surface area contributed by atoms with E-state index in [0.29, 0.717) is 69.1 Å². The van der Waals surface area contributed by atoms with Crippen LogP contribution in [0.5, 0.6) is 11.6 Å². The van der Waals surface area contributed by atoms with Gasteiger partial charge in [-0.3, -0.25) is 24.5 Å². The van der Waals surface area contributed by atoms with Gasteiger partial charge < -0.3 is 29.7 Å². The monoisotopic (exact) mass is 889 g/mol. The molecule has 2 saturated carbocycles. The van der Waals surface area contributed by atoms with Gasteiger partial charge in [-0.05, 0) is 94.7 Å². The molecule has 2 aromatic rings. The molecule has 1 aromatic heterocycles. The number of alkyl halides is 2. The summed E-state index contributed by atoms with van der Waals surface area (Å²) in [5.41, 5.74) is 9.64. The van der Waals surface area contributed by atoms with E-state index in [1.807, 2.05) is 44.3 Å². The van der Waals surface area contributed by atoms with E-state index < -0.39 is 80.6 Å². The number of ether oxygens (including phenoxy) is 3. The number of allylic oxidation sites excluding steroid dienone is 2. The zero-order valence-electron chi connectivity index (χ0n) is 36.3. The summed E-state index contributed by atoms with van der Waals surface area (Å²) in [7, 11) is -1.64. The van der Waals surface area contributed by atoms with Crippen molar-refractivity contribution in [3.63, 3.8) is 0 Å². The Hall–Kier alpha value is -4.78. The zero-order chi connectivity index (χ0) is 45.1. The molecule has 2 aliphatic heterocycles. The molecule has 5 N–H and O–H groups in total. The van der Waals surface area contributed by atoms with E-state index in [2.05, 4.69) is 25.5 Å². The van der Waals surface area contributed by atoms with Gasteiger partial charge in [-0.1, -0.05) is 32.4 Å². The first-order chi connectivity index (χ1) is 29.2. The number of carbonyl (C=O) groups excluding carboxylic acids is 4. The maximum Gasteiger partial charge on any atom is 0.422 e. The number of rotatable bonds is 18. The molecule has 2 aliphatic carbocycles. The number of hydrogen-bond acceptors (Lipinski definition) is 12. The lowest BCUT2D eigenvalue weighted by molar-refractivity contribution is -0.151. The normalized spacial score (nSPS) is 23.4. The number of sulfonamides is 1. The number of nitrogens with one attached hydrogen (secondary N) is 3. The van der Waals surface area contributed by atoms with Crippen LogP contribution in [0, 0.1) is 23.7 Å². The van der Waals surface area contributed by atoms with Crippen molar-refractivity contribution in [2.75, 3.05) is 31.6 Å². The van der Waals surface area contributed by atoms with Crippen molar-refractivity contribution in [1.29, 1.82) is 0 Å². The number of fused-ring (bicyclic) bond motifs is 3. The van der Waals surface area contributed by atoms with Gasteiger partial charge in [0.1, 0.15) is 24.8 Å². The lowest BCUT2D eigenvalue weighted by Crippen LogP contribution is -2.59. The molecule has 4 aliphatic rings. The Morgan fingerprint density at radius 1 is 1.08 bits per heavy atom. The van der Waals surface area contributed by atoms with Crippen LogP contribution in [0.2, 0.25) is 0 Å². The topological polar surface area (TPSA) is 212 Å². The molecular formula is C43H61F2N7O9S. The second-order valence-corrected chi connectivity index (χ2v) is 20.0. The lowest BCUT2D eigenvalue weighted by Gasteiger charge is -2.33. The fourth-order valence-corrected chi connectivity index (χ4v) is 9.92. The van der Waals surface area contributed by atoms with E-state index in [0.717, 1.165) is 44.3 Å². The third-order valence-electron chi connectivity index (χ3n) is 12.7. The van der Waals surface area contributed by atoms with Crippen molar-refractivity contribution >= 4 is 50.3 Å². The first-order valence-corrected chi connectivity index (χ1v) is 23.1. The summed E-state index contributed by atoms with van der Waals surface area (Å²) in [6.07, 6.45) is 8.94. The van der Waals surface area contributed by atoms with Crippen LogP contribution >= 0.6 is 0 Å². The van der Waals surface area contributed by atoms with Gasteiger partial charge in [0, 0.05) is 43.3 Å². The Morgan fingerprint density at radius 2 is 1.82 bits per heavy atom. The average Bonchev–Trinajstić information content (AvgIpc) is 3.82. The van der Waals surface area contributed by atoms with Crippen molar-refractivity contribution in [1.82, 2.24) is 25.5 Å². The van der Waals surface area contributed by atoms with E-state index >= 15 is 0 Å². The van der Waals surface area contributed by atoms with Gasteiger partial charge in [0.25, 0.3) is 5.92 Å². The fraction of sp³-hybridized carbons (Fsp3) is 0.651. The highest BCUT2D eigenvalue weighted by molar-refractivity contribution is 7.90. The molecule has 0 bridgehead atoms. The number of benzene rings is 1. The number of likely N-dealkylation sites (N-methyl/N-ethyl adjacent to an activating group) is 1. The van der Waals surface area contributed by atoms with Gasteiger partial charge in [-0.25, -0.2) is 32.4 Å². The standard InChI is InChI=1S/C43H61F2N7O9S/c1-25(10-7-8-11-27-12-9-13-30(27)38(54)50-62(57,58)29-14-15-29)22-26(2)35(48-49-41(56)61-42(3,4)43(5,44)45)40(55)52-24-28(23-34(52)37(46)53)60-39-32-16-17-33-36(31(32)18-19-47-39)59-21-20-51(33)6/h8,11,16-19,25-30,34-35,48H,7,9-10,12-15,20-24H2,1-6H3,(H2,46,53)(H,49,56)(H,50,54)/b11-8-/t25-,26+,27+,28+,30?,34-,35-/m0/s1. The van der Waals surface area contributed by atoms with Crippen LogP contribution in [0.3, 0.4) is 0 Å². The quantitative estimate of drug-likeness (QED) is 0.116. The van der Waals surface area contributed by atoms with Gasteiger partial charge in [0.05, 0.1) is 24.0 Å². The van der Waals surface area contributed by atoms with Crippen LogP contribution in [0.1, 0.15) is 92.4 Å². The van der Waals surface area contributed by atoms with E-state index in [1.165, 1.54) is 4.90 Å². The van der Waals surface area contributed by atoms with Gasteiger partial charge in [-0.15, -0.1) is 0 Å². The number of amides is 4. The second-order valence-electron chi connectivity index (χ2n) is 18.1.